The minimum atomic E-state index is -2.89. The van der Waals surface area contributed by atoms with Crippen LogP contribution in [-0.2, 0) is 14.4 Å². The zero-order valence-corrected chi connectivity index (χ0v) is 13.2. The van der Waals surface area contributed by atoms with E-state index in [4.69, 9.17) is 5.11 Å². The minimum Gasteiger partial charge on any atom is -0.475 e. The highest BCUT2D eigenvalue weighted by Crippen LogP contribution is 2.09. The predicted molar refractivity (Wildman–Crippen MR) is 76.7 cm³/mol. The van der Waals surface area contributed by atoms with E-state index in [1.54, 1.807) is 0 Å². The van der Waals surface area contributed by atoms with Gasteiger partial charge in [0.2, 0.25) is 12.3 Å². The molecule has 6 nitrogen and oxygen atoms in total. The highest BCUT2D eigenvalue weighted by atomic mass is 19.3. The van der Waals surface area contributed by atoms with E-state index in [9.17, 15) is 23.2 Å². The summed E-state index contributed by atoms with van der Waals surface area (Å²) in [6, 6.07) is -2.44. The first-order valence-electron chi connectivity index (χ1n) is 7.16. The SMILES string of the molecule is CC(C)CC(NC(C)C)C(=O)NC(CC(F)F)C(=O)C(=O)O. The second-order valence-corrected chi connectivity index (χ2v) is 5.86. The largest absolute Gasteiger partial charge is 0.475 e. The summed E-state index contributed by atoms with van der Waals surface area (Å²) in [6.45, 7) is 7.42. The van der Waals surface area contributed by atoms with Crippen LogP contribution in [0.25, 0.3) is 0 Å². The third kappa shape index (κ3) is 8.02. The summed E-state index contributed by atoms with van der Waals surface area (Å²) in [5, 5.41) is 13.8. The van der Waals surface area contributed by atoms with Gasteiger partial charge in [-0.2, -0.15) is 0 Å². The van der Waals surface area contributed by atoms with E-state index in [-0.39, 0.29) is 12.0 Å². The quantitative estimate of drug-likeness (QED) is 0.525. The Morgan fingerprint density at radius 1 is 1.00 bits per heavy atom. The second kappa shape index (κ2) is 9.45. The fourth-order valence-electron chi connectivity index (χ4n) is 1.96. The predicted octanol–water partition coefficient (Wildman–Crippen LogP) is 1.19. The Bertz CT molecular complexity index is 390. The summed E-state index contributed by atoms with van der Waals surface area (Å²) >= 11 is 0. The number of alkyl halides is 2. The fourth-order valence-corrected chi connectivity index (χ4v) is 1.96. The summed E-state index contributed by atoms with van der Waals surface area (Å²) in [7, 11) is 0. The van der Waals surface area contributed by atoms with E-state index in [2.05, 4.69) is 10.6 Å². The molecule has 0 rings (SSSR count). The maximum atomic E-state index is 12.5. The molecule has 0 spiro atoms. The minimum absolute atomic E-state index is 0.0294. The molecule has 22 heavy (non-hydrogen) atoms. The van der Waals surface area contributed by atoms with Crippen LogP contribution in [0, 0.1) is 5.92 Å². The lowest BCUT2D eigenvalue weighted by molar-refractivity contribution is -0.151. The van der Waals surface area contributed by atoms with Crippen molar-refractivity contribution in [3.8, 4) is 0 Å². The Labute approximate surface area is 128 Å². The third-order valence-electron chi connectivity index (χ3n) is 2.82. The molecular formula is C14H24F2N2O4. The topological polar surface area (TPSA) is 95.5 Å². The van der Waals surface area contributed by atoms with E-state index in [0.29, 0.717) is 6.42 Å². The monoisotopic (exact) mass is 322 g/mol. The number of carbonyl (C=O) groups excluding carboxylic acids is 2. The van der Waals surface area contributed by atoms with Crippen LogP contribution in [0.4, 0.5) is 8.78 Å². The zero-order chi connectivity index (χ0) is 17.4. The second-order valence-electron chi connectivity index (χ2n) is 5.86. The first-order chi connectivity index (χ1) is 10.0. The molecule has 0 saturated heterocycles. The molecule has 0 aromatic rings. The number of nitrogens with one attached hydrogen (secondary N) is 2. The Balaban J connectivity index is 5.01. The number of hydrogen-bond donors (Lipinski definition) is 3. The van der Waals surface area contributed by atoms with Crippen molar-refractivity contribution in [3.05, 3.63) is 0 Å². The van der Waals surface area contributed by atoms with Crippen molar-refractivity contribution in [1.82, 2.24) is 10.6 Å². The van der Waals surface area contributed by atoms with Crippen LogP contribution in [0.1, 0.15) is 40.5 Å². The van der Waals surface area contributed by atoms with Gasteiger partial charge in [-0.05, 0) is 12.3 Å². The van der Waals surface area contributed by atoms with Crippen molar-refractivity contribution in [2.45, 2.75) is 65.1 Å². The van der Waals surface area contributed by atoms with Gasteiger partial charge in [0.25, 0.3) is 5.78 Å². The van der Waals surface area contributed by atoms with Crippen LogP contribution in [0.3, 0.4) is 0 Å². The molecule has 2 unspecified atom stereocenters. The standard InChI is InChI=1S/C14H24F2N2O4/c1-7(2)5-10(17-8(3)4)13(20)18-9(6-11(15)16)12(19)14(21)22/h7-11,17H,5-6H2,1-4H3,(H,18,20)(H,21,22). The van der Waals surface area contributed by atoms with Crippen LogP contribution in [0.2, 0.25) is 0 Å². The zero-order valence-electron chi connectivity index (χ0n) is 13.2. The number of rotatable bonds is 10. The van der Waals surface area contributed by atoms with Gasteiger partial charge in [0.05, 0.1) is 6.04 Å². The van der Waals surface area contributed by atoms with Gasteiger partial charge in [0.1, 0.15) is 6.04 Å². The summed E-state index contributed by atoms with van der Waals surface area (Å²) in [4.78, 5) is 34.3. The molecule has 1 amide bonds. The molecule has 2 atom stereocenters. The van der Waals surface area contributed by atoms with Crippen molar-refractivity contribution in [1.29, 1.82) is 0 Å². The van der Waals surface area contributed by atoms with E-state index in [0.717, 1.165) is 0 Å². The van der Waals surface area contributed by atoms with Gasteiger partial charge in [-0.3, -0.25) is 9.59 Å². The molecule has 8 heteroatoms. The number of Topliss-reactive ketones (excluding diaryl/α,β-unsaturated/α-hetero) is 1. The van der Waals surface area contributed by atoms with Crippen LogP contribution in [0.15, 0.2) is 0 Å². The summed E-state index contributed by atoms with van der Waals surface area (Å²) in [5.41, 5.74) is 0. The Kier molecular flexibility index (Phi) is 8.77. The van der Waals surface area contributed by atoms with Crippen LogP contribution < -0.4 is 10.6 Å². The average molecular weight is 322 g/mol. The van der Waals surface area contributed by atoms with Crippen molar-refractivity contribution in [2.24, 2.45) is 5.92 Å². The maximum absolute atomic E-state index is 12.5. The lowest BCUT2D eigenvalue weighted by Crippen LogP contribution is -2.53. The maximum Gasteiger partial charge on any atom is 0.374 e. The molecule has 0 aliphatic rings. The number of carboxylic acid groups (broad SMARTS) is 1. The first kappa shape index (κ1) is 20.4. The van der Waals surface area contributed by atoms with Gasteiger partial charge >= 0.3 is 5.97 Å². The molecule has 0 aliphatic carbocycles. The highest BCUT2D eigenvalue weighted by molar-refractivity contribution is 6.35. The number of ketones is 1. The molecule has 0 aromatic heterocycles. The van der Waals surface area contributed by atoms with Crippen LogP contribution in [-0.4, -0.2) is 47.3 Å². The Morgan fingerprint density at radius 2 is 1.55 bits per heavy atom. The lowest BCUT2D eigenvalue weighted by atomic mass is 10.0. The molecule has 128 valence electrons. The van der Waals surface area contributed by atoms with Crippen LogP contribution in [0.5, 0.6) is 0 Å². The van der Waals surface area contributed by atoms with E-state index in [1.165, 1.54) is 0 Å². The molecule has 0 radical (unpaired) electrons. The van der Waals surface area contributed by atoms with Crippen LogP contribution >= 0.6 is 0 Å². The van der Waals surface area contributed by atoms with E-state index < -0.39 is 42.6 Å². The number of amides is 1. The molecule has 0 aromatic carbocycles. The Morgan fingerprint density at radius 3 is 1.91 bits per heavy atom. The van der Waals surface area contributed by atoms with E-state index in [1.807, 2.05) is 27.7 Å². The Hall–Kier alpha value is -1.57. The summed E-state index contributed by atoms with van der Waals surface area (Å²) in [5.74, 6) is -3.78. The van der Waals surface area contributed by atoms with Crippen molar-refractivity contribution in [2.75, 3.05) is 0 Å². The normalized spacial score (nSPS) is 14.2. The summed E-state index contributed by atoms with van der Waals surface area (Å²) < 4.78 is 24.9. The van der Waals surface area contributed by atoms with Gasteiger partial charge < -0.3 is 15.7 Å². The van der Waals surface area contributed by atoms with E-state index >= 15 is 0 Å². The highest BCUT2D eigenvalue weighted by Gasteiger charge is 2.31. The molecule has 0 saturated carbocycles. The molecular weight excluding hydrogens is 298 g/mol. The van der Waals surface area contributed by atoms with Gasteiger partial charge in [0, 0.05) is 12.5 Å². The van der Waals surface area contributed by atoms with Crippen molar-refractivity contribution >= 4 is 17.7 Å². The number of carbonyl (C=O) groups is 3. The molecule has 0 aliphatic heterocycles. The van der Waals surface area contributed by atoms with Crippen molar-refractivity contribution < 1.29 is 28.3 Å². The molecule has 0 bridgehead atoms. The number of halogens is 2. The smallest absolute Gasteiger partial charge is 0.374 e. The number of hydrogen-bond acceptors (Lipinski definition) is 4. The van der Waals surface area contributed by atoms with Gasteiger partial charge in [0.15, 0.2) is 0 Å². The molecule has 0 fully saturated rings. The van der Waals surface area contributed by atoms with Gasteiger partial charge in [-0.1, -0.05) is 27.7 Å². The third-order valence-corrected chi connectivity index (χ3v) is 2.82. The lowest BCUT2D eigenvalue weighted by Gasteiger charge is -2.24. The van der Waals surface area contributed by atoms with Gasteiger partial charge in [-0.15, -0.1) is 0 Å². The fraction of sp³-hybridized carbons (Fsp3) is 0.786. The van der Waals surface area contributed by atoms with Crippen molar-refractivity contribution in [3.63, 3.8) is 0 Å². The number of carboxylic acids is 1. The average Bonchev–Trinajstić information content (AvgIpc) is 2.34. The number of aliphatic carboxylic acids is 1. The molecule has 0 heterocycles. The van der Waals surface area contributed by atoms with Gasteiger partial charge in [-0.25, -0.2) is 13.6 Å². The molecule has 3 N–H and O–H groups in total. The first-order valence-corrected chi connectivity index (χ1v) is 7.16. The summed E-state index contributed by atoms with van der Waals surface area (Å²) in [6.07, 6.45) is -3.48.